The van der Waals surface area contributed by atoms with Crippen molar-refractivity contribution in [3.05, 3.63) is 24.0 Å². The summed E-state index contributed by atoms with van der Waals surface area (Å²) in [6.45, 7) is 0. The lowest BCUT2D eigenvalue weighted by Crippen LogP contribution is -2.35. The molecule has 0 aliphatic heterocycles. The van der Waals surface area contributed by atoms with Gasteiger partial charge in [0.15, 0.2) is 0 Å². The number of nitrogen functional groups attached to an aromatic ring is 1. The second-order valence-corrected chi connectivity index (χ2v) is 4.35. The highest BCUT2D eigenvalue weighted by molar-refractivity contribution is 7.91. The van der Waals surface area contributed by atoms with E-state index in [2.05, 4.69) is 4.74 Å². The number of rotatable bonds is 3. The standard InChI is InChI=1S/C8H10FN3O4S/c1-16-8(13)12-17(14,15)11-7-3-2-5(9)4-6(7)10/h2-4,11H,10H2,1H3,(H,12,13). The second kappa shape index (κ2) is 4.87. The molecule has 4 N–H and O–H groups in total. The maximum Gasteiger partial charge on any atom is 0.422 e. The van der Waals surface area contributed by atoms with Gasteiger partial charge in [-0.1, -0.05) is 0 Å². The van der Waals surface area contributed by atoms with Gasteiger partial charge in [-0.05, 0) is 18.2 Å². The van der Waals surface area contributed by atoms with Gasteiger partial charge in [-0.3, -0.25) is 4.72 Å². The SMILES string of the molecule is COC(=O)NS(=O)(=O)Nc1ccc(F)cc1N. The van der Waals surface area contributed by atoms with Gasteiger partial charge in [0.2, 0.25) is 0 Å². The van der Waals surface area contributed by atoms with E-state index in [1.165, 1.54) is 0 Å². The number of benzene rings is 1. The van der Waals surface area contributed by atoms with Crippen LogP contribution >= 0.6 is 0 Å². The molecule has 1 amide bonds. The van der Waals surface area contributed by atoms with Crippen LogP contribution in [0.2, 0.25) is 0 Å². The van der Waals surface area contributed by atoms with E-state index in [4.69, 9.17) is 5.73 Å². The van der Waals surface area contributed by atoms with E-state index < -0.39 is 22.1 Å². The molecule has 9 heteroatoms. The summed E-state index contributed by atoms with van der Waals surface area (Å²) >= 11 is 0. The van der Waals surface area contributed by atoms with E-state index >= 15 is 0 Å². The number of carbonyl (C=O) groups is 1. The summed E-state index contributed by atoms with van der Waals surface area (Å²) in [6, 6.07) is 3.09. The van der Waals surface area contributed by atoms with Gasteiger partial charge < -0.3 is 10.5 Å². The third kappa shape index (κ3) is 3.79. The Morgan fingerprint density at radius 2 is 2.12 bits per heavy atom. The fourth-order valence-corrected chi connectivity index (χ4v) is 1.78. The van der Waals surface area contributed by atoms with Crippen LogP contribution in [0.1, 0.15) is 0 Å². The van der Waals surface area contributed by atoms with Gasteiger partial charge in [0.25, 0.3) is 0 Å². The first-order valence-corrected chi connectivity index (χ1v) is 5.76. The van der Waals surface area contributed by atoms with Gasteiger partial charge in [0, 0.05) is 0 Å². The second-order valence-electron chi connectivity index (χ2n) is 2.93. The van der Waals surface area contributed by atoms with Crippen molar-refractivity contribution in [2.45, 2.75) is 0 Å². The molecule has 0 aromatic heterocycles. The lowest BCUT2D eigenvalue weighted by atomic mass is 10.3. The summed E-state index contributed by atoms with van der Waals surface area (Å²) < 4.78 is 43.0. The Balaban J connectivity index is 2.87. The first-order valence-electron chi connectivity index (χ1n) is 4.27. The van der Waals surface area contributed by atoms with E-state index in [0.717, 1.165) is 25.3 Å². The molecule has 0 spiro atoms. The quantitative estimate of drug-likeness (QED) is 0.684. The Bertz CT molecular complexity index is 532. The molecule has 0 unspecified atom stereocenters. The van der Waals surface area contributed by atoms with Crippen LogP contribution in [-0.2, 0) is 14.9 Å². The number of halogens is 1. The van der Waals surface area contributed by atoms with E-state index in [-0.39, 0.29) is 11.4 Å². The molecule has 0 saturated carbocycles. The van der Waals surface area contributed by atoms with Crippen LogP contribution in [0, 0.1) is 5.82 Å². The molecule has 17 heavy (non-hydrogen) atoms. The highest BCUT2D eigenvalue weighted by Crippen LogP contribution is 2.19. The first-order chi connectivity index (χ1) is 7.84. The molecular weight excluding hydrogens is 253 g/mol. The lowest BCUT2D eigenvalue weighted by molar-refractivity contribution is 0.177. The summed E-state index contributed by atoms with van der Waals surface area (Å²) in [5.41, 5.74) is 5.22. The Labute approximate surface area is 96.9 Å². The molecule has 0 radical (unpaired) electrons. The highest BCUT2D eigenvalue weighted by Gasteiger charge is 2.15. The Hall–Kier alpha value is -2.03. The third-order valence-electron chi connectivity index (χ3n) is 1.66. The number of methoxy groups -OCH3 is 1. The molecule has 0 bridgehead atoms. The van der Waals surface area contributed by atoms with Crippen LogP contribution < -0.4 is 15.2 Å². The van der Waals surface area contributed by atoms with Crippen LogP contribution in [0.3, 0.4) is 0 Å². The molecule has 0 atom stereocenters. The summed E-state index contributed by atoms with van der Waals surface area (Å²) in [5, 5.41) is 0. The molecule has 0 heterocycles. The van der Waals surface area contributed by atoms with Crippen molar-refractivity contribution in [2.75, 3.05) is 17.6 Å². The fourth-order valence-electron chi connectivity index (χ4n) is 0.948. The van der Waals surface area contributed by atoms with Crippen molar-refractivity contribution in [3.63, 3.8) is 0 Å². The average Bonchev–Trinajstić information content (AvgIpc) is 2.21. The van der Waals surface area contributed by atoms with Crippen molar-refractivity contribution in [1.82, 2.24) is 4.72 Å². The van der Waals surface area contributed by atoms with Gasteiger partial charge in [-0.2, -0.15) is 8.42 Å². The van der Waals surface area contributed by atoms with Gasteiger partial charge in [0.1, 0.15) is 5.82 Å². The minimum absolute atomic E-state index is 0.0530. The third-order valence-corrected chi connectivity index (χ3v) is 2.59. The summed E-state index contributed by atoms with van der Waals surface area (Å²) in [4.78, 5) is 10.7. The molecule has 0 aliphatic rings. The normalized spacial score (nSPS) is 10.7. The van der Waals surface area contributed by atoms with Crippen LogP contribution in [0.4, 0.5) is 20.6 Å². The predicted molar refractivity (Wildman–Crippen MR) is 58.9 cm³/mol. The molecule has 1 rings (SSSR count). The maximum absolute atomic E-state index is 12.7. The Kier molecular flexibility index (Phi) is 3.73. The number of hydrogen-bond acceptors (Lipinski definition) is 5. The van der Waals surface area contributed by atoms with Crippen LogP contribution in [0.25, 0.3) is 0 Å². The fraction of sp³-hybridized carbons (Fsp3) is 0.125. The maximum atomic E-state index is 12.7. The lowest BCUT2D eigenvalue weighted by Gasteiger charge is -2.10. The molecule has 7 nitrogen and oxygen atoms in total. The number of carbonyl (C=O) groups excluding carboxylic acids is 1. The largest absolute Gasteiger partial charge is 0.452 e. The molecule has 1 aromatic rings. The van der Waals surface area contributed by atoms with Crippen molar-refractivity contribution in [3.8, 4) is 0 Å². The summed E-state index contributed by atoms with van der Waals surface area (Å²) in [6.07, 6.45) is -1.15. The van der Waals surface area contributed by atoms with Crippen molar-refractivity contribution in [1.29, 1.82) is 0 Å². The van der Waals surface area contributed by atoms with Crippen LogP contribution in [0.15, 0.2) is 18.2 Å². The number of nitrogens with one attached hydrogen (secondary N) is 2. The van der Waals surface area contributed by atoms with E-state index in [0.29, 0.717) is 0 Å². The summed E-state index contributed by atoms with van der Waals surface area (Å²) in [7, 11) is -3.15. The smallest absolute Gasteiger partial charge is 0.422 e. The van der Waals surface area contributed by atoms with E-state index in [1.807, 2.05) is 4.72 Å². The molecule has 94 valence electrons. The van der Waals surface area contributed by atoms with Crippen molar-refractivity contribution >= 4 is 27.7 Å². The van der Waals surface area contributed by atoms with E-state index in [1.54, 1.807) is 4.72 Å². The molecule has 1 aromatic carbocycles. The van der Waals surface area contributed by atoms with Gasteiger partial charge in [-0.25, -0.2) is 13.9 Å². The number of ether oxygens (including phenoxy) is 1. The number of nitrogens with two attached hydrogens (primary N) is 1. The topological polar surface area (TPSA) is 111 Å². The van der Waals surface area contributed by atoms with E-state index in [9.17, 15) is 17.6 Å². The number of anilines is 2. The minimum Gasteiger partial charge on any atom is -0.452 e. The zero-order chi connectivity index (χ0) is 13.1. The van der Waals surface area contributed by atoms with Crippen molar-refractivity contribution < 1.29 is 22.3 Å². The first kappa shape index (κ1) is 13.0. The van der Waals surface area contributed by atoms with Crippen molar-refractivity contribution in [2.24, 2.45) is 0 Å². The number of hydrogen-bond donors (Lipinski definition) is 3. The predicted octanol–water partition coefficient (Wildman–Crippen LogP) is 0.421. The summed E-state index contributed by atoms with van der Waals surface area (Å²) in [5.74, 6) is -0.605. The van der Waals surface area contributed by atoms with Gasteiger partial charge in [0.05, 0.1) is 18.5 Å². The Morgan fingerprint density at radius 3 is 2.65 bits per heavy atom. The van der Waals surface area contributed by atoms with Crippen LogP contribution in [-0.4, -0.2) is 21.6 Å². The molecule has 0 fully saturated rings. The number of amides is 1. The Morgan fingerprint density at radius 1 is 1.47 bits per heavy atom. The van der Waals surface area contributed by atoms with Gasteiger partial charge >= 0.3 is 16.3 Å². The zero-order valence-electron chi connectivity index (χ0n) is 8.73. The zero-order valence-corrected chi connectivity index (χ0v) is 9.55. The monoisotopic (exact) mass is 263 g/mol. The van der Waals surface area contributed by atoms with Gasteiger partial charge in [-0.15, -0.1) is 0 Å². The van der Waals surface area contributed by atoms with Crippen LogP contribution in [0.5, 0.6) is 0 Å². The minimum atomic E-state index is -4.16. The average molecular weight is 263 g/mol. The molecule has 0 saturated heterocycles. The highest BCUT2D eigenvalue weighted by atomic mass is 32.2. The molecular formula is C8H10FN3O4S. The molecule has 0 aliphatic carbocycles.